The molecule has 1 heterocycles. The molecule has 0 amide bonds. The van der Waals surface area contributed by atoms with Gasteiger partial charge in [0.15, 0.2) is 0 Å². The maximum Gasteiger partial charge on any atom is 0.279 e. The lowest BCUT2D eigenvalue weighted by molar-refractivity contribution is 0.0171. The standard InChI is InChI=1S/C16H26ClN3O3S/c1-13(2)19(3)24(21,22)18-12-16(20-8-10-23-11-9-20)14-6-4-5-7-15(14)17/h4-7,13,16,18H,8-12H2,1-3H3. The van der Waals surface area contributed by atoms with E-state index in [0.717, 1.165) is 18.7 Å². The molecule has 1 aliphatic heterocycles. The van der Waals surface area contributed by atoms with Gasteiger partial charge in [-0.25, -0.2) is 4.72 Å². The summed E-state index contributed by atoms with van der Waals surface area (Å²) in [6, 6.07) is 7.34. The van der Waals surface area contributed by atoms with Gasteiger partial charge in [-0.3, -0.25) is 4.90 Å². The molecule has 24 heavy (non-hydrogen) atoms. The Morgan fingerprint density at radius 1 is 1.29 bits per heavy atom. The van der Waals surface area contributed by atoms with E-state index >= 15 is 0 Å². The third-order valence-electron chi connectivity index (χ3n) is 4.32. The largest absolute Gasteiger partial charge is 0.379 e. The summed E-state index contributed by atoms with van der Waals surface area (Å²) in [5.41, 5.74) is 0.927. The molecule has 8 heteroatoms. The molecule has 1 unspecified atom stereocenters. The second-order valence-electron chi connectivity index (χ2n) is 6.15. The minimum absolute atomic E-state index is 0.107. The van der Waals surface area contributed by atoms with Gasteiger partial charge in [0.2, 0.25) is 0 Å². The lowest BCUT2D eigenvalue weighted by Gasteiger charge is -2.35. The van der Waals surface area contributed by atoms with Crippen molar-refractivity contribution in [2.45, 2.75) is 25.9 Å². The average molecular weight is 376 g/mol. The molecular weight excluding hydrogens is 350 g/mol. The molecule has 1 aromatic carbocycles. The molecule has 1 aliphatic rings. The van der Waals surface area contributed by atoms with Crippen LogP contribution in [0.15, 0.2) is 24.3 Å². The number of nitrogens with zero attached hydrogens (tertiary/aromatic N) is 2. The van der Waals surface area contributed by atoms with Gasteiger partial charge in [-0.2, -0.15) is 12.7 Å². The van der Waals surface area contributed by atoms with Crippen molar-refractivity contribution in [3.05, 3.63) is 34.9 Å². The molecule has 6 nitrogen and oxygen atoms in total. The molecule has 1 saturated heterocycles. The Labute approximate surface area is 149 Å². The van der Waals surface area contributed by atoms with Crippen LogP contribution in [0.2, 0.25) is 5.02 Å². The monoisotopic (exact) mass is 375 g/mol. The van der Waals surface area contributed by atoms with E-state index in [4.69, 9.17) is 16.3 Å². The molecule has 1 aromatic rings. The highest BCUT2D eigenvalue weighted by atomic mass is 35.5. The molecular formula is C16H26ClN3O3S. The van der Waals surface area contributed by atoms with Crippen LogP contribution in [-0.4, -0.2) is 63.6 Å². The van der Waals surface area contributed by atoms with Crippen LogP contribution in [0.25, 0.3) is 0 Å². The van der Waals surface area contributed by atoms with E-state index in [-0.39, 0.29) is 18.6 Å². The predicted octanol–water partition coefficient (Wildman–Crippen LogP) is 1.89. The Balaban J connectivity index is 2.19. The lowest BCUT2D eigenvalue weighted by Crippen LogP contribution is -2.47. The van der Waals surface area contributed by atoms with Crippen LogP contribution in [-0.2, 0) is 14.9 Å². The fraction of sp³-hybridized carbons (Fsp3) is 0.625. The minimum Gasteiger partial charge on any atom is -0.379 e. The highest BCUT2D eigenvalue weighted by Gasteiger charge is 2.27. The first kappa shape index (κ1) is 19.6. The number of nitrogens with one attached hydrogen (secondary N) is 1. The molecule has 1 atom stereocenters. The van der Waals surface area contributed by atoms with Crippen molar-refractivity contribution in [3.8, 4) is 0 Å². The van der Waals surface area contributed by atoms with E-state index in [0.29, 0.717) is 18.2 Å². The SMILES string of the molecule is CC(C)N(C)S(=O)(=O)NCC(c1ccccc1Cl)N1CCOCC1. The summed E-state index contributed by atoms with van der Waals surface area (Å²) in [5.74, 6) is 0. The molecule has 0 aromatic heterocycles. The molecule has 0 saturated carbocycles. The van der Waals surface area contributed by atoms with Gasteiger partial charge in [0.25, 0.3) is 10.2 Å². The number of ether oxygens (including phenoxy) is 1. The van der Waals surface area contributed by atoms with Gasteiger partial charge in [-0.15, -0.1) is 0 Å². The quantitative estimate of drug-likeness (QED) is 0.790. The average Bonchev–Trinajstić information content (AvgIpc) is 2.56. The number of rotatable bonds is 7. The summed E-state index contributed by atoms with van der Waals surface area (Å²) in [5, 5.41) is 0.644. The highest BCUT2D eigenvalue weighted by molar-refractivity contribution is 7.87. The zero-order chi connectivity index (χ0) is 17.7. The van der Waals surface area contributed by atoms with E-state index in [9.17, 15) is 8.42 Å². The topological polar surface area (TPSA) is 61.9 Å². The first-order chi connectivity index (χ1) is 11.3. The first-order valence-corrected chi connectivity index (χ1v) is 9.93. The molecule has 0 aliphatic carbocycles. The smallest absolute Gasteiger partial charge is 0.279 e. The second kappa shape index (κ2) is 8.60. The van der Waals surface area contributed by atoms with Crippen molar-refractivity contribution in [1.82, 2.24) is 13.9 Å². The Hall–Kier alpha value is -0.700. The molecule has 136 valence electrons. The van der Waals surface area contributed by atoms with Crippen molar-refractivity contribution in [2.75, 3.05) is 39.9 Å². The molecule has 2 rings (SSSR count). The van der Waals surface area contributed by atoms with Crippen LogP contribution in [0.1, 0.15) is 25.5 Å². The highest BCUT2D eigenvalue weighted by Crippen LogP contribution is 2.28. The Bertz CT molecular complexity index is 633. The van der Waals surface area contributed by atoms with Crippen LogP contribution < -0.4 is 4.72 Å². The van der Waals surface area contributed by atoms with Gasteiger partial charge in [-0.1, -0.05) is 29.8 Å². The fourth-order valence-corrected chi connectivity index (χ4v) is 4.02. The van der Waals surface area contributed by atoms with E-state index in [1.165, 1.54) is 4.31 Å². The van der Waals surface area contributed by atoms with E-state index in [2.05, 4.69) is 9.62 Å². The molecule has 0 bridgehead atoms. The minimum atomic E-state index is -3.53. The number of hydrogen-bond donors (Lipinski definition) is 1. The normalized spacial score (nSPS) is 18.2. The summed E-state index contributed by atoms with van der Waals surface area (Å²) in [4.78, 5) is 2.21. The summed E-state index contributed by atoms with van der Waals surface area (Å²) in [6.07, 6.45) is 0. The van der Waals surface area contributed by atoms with Crippen molar-refractivity contribution < 1.29 is 13.2 Å². The summed E-state index contributed by atoms with van der Waals surface area (Å²) in [6.45, 7) is 6.72. The predicted molar refractivity (Wildman–Crippen MR) is 96.4 cm³/mol. The molecule has 1 N–H and O–H groups in total. The van der Waals surface area contributed by atoms with Crippen molar-refractivity contribution in [1.29, 1.82) is 0 Å². The van der Waals surface area contributed by atoms with Crippen LogP contribution in [0.5, 0.6) is 0 Å². The van der Waals surface area contributed by atoms with Gasteiger partial charge in [0, 0.05) is 37.7 Å². The van der Waals surface area contributed by atoms with Gasteiger partial charge < -0.3 is 4.74 Å². The third-order valence-corrected chi connectivity index (χ3v) is 6.37. The van der Waals surface area contributed by atoms with E-state index in [1.807, 2.05) is 38.1 Å². The van der Waals surface area contributed by atoms with Crippen LogP contribution in [0, 0.1) is 0 Å². The maximum absolute atomic E-state index is 12.4. The van der Waals surface area contributed by atoms with Crippen LogP contribution in [0.4, 0.5) is 0 Å². The zero-order valence-electron chi connectivity index (χ0n) is 14.4. The van der Waals surface area contributed by atoms with E-state index in [1.54, 1.807) is 7.05 Å². The van der Waals surface area contributed by atoms with Gasteiger partial charge in [0.1, 0.15) is 0 Å². The van der Waals surface area contributed by atoms with Gasteiger partial charge >= 0.3 is 0 Å². The van der Waals surface area contributed by atoms with Crippen molar-refractivity contribution in [2.24, 2.45) is 0 Å². The van der Waals surface area contributed by atoms with Crippen molar-refractivity contribution in [3.63, 3.8) is 0 Å². The zero-order valence-corrected chi connectivity index (χ0v) is 16.0. The fourth-order valence-electron chi connectivity index (χ4n) is 2.63. The number of morpholine rings is 1. The first-order valence-electron chi connectivity index (χ1n) is 8.11. The Kier molecular flexibility index (Phi) is 7.03. The number of halogens is 1. The van der Waals surface area contributed by atoms with E-state index < -0.39 is 10.2 Å². The van der Waals surface area contributed by atoms with Crippen LogP contribution in [0.3, 0.4) is 0 Å². The van der Waals surface area contributed by atoms with Crippen molar-refractivity contribution >= 4 is 21.8 Å². The lowest BCUT2D eigenvalue weighted by atomic mass is 10.0. The summed E-state index contributed by atoms with van der Waals surface area (Å²) >= 11 is 6.36. The molecule has 0 radical (unpaired) electrons. The summed E-state index contributed by atoms with van der Waals surface area (Å²) < 4.78 is 34.3. The Morgan fingerprint density at radius 3 is 2.50 bits per heavy atom. The maximum atomic E-state index is 12.4. The molecule has 1 fully saturated rings. The second-order valence-corrected chi connectivity index (χ2v) is 8.37. The van der Waals surface area contributed by atoms with Gasteiger partial charge in [-0.05, 0) is 25.5 Å². The Morgan fingerprint density at radius 2 is 1.92 bits per heavy atom. The van der Waals surface area contributed by atoms with Crippen LogP contribution >= 0.6 is 11.6 Å². The van der Waals surface area contributed by atoms with Gasteiger partial charge in [0.05, 0.1) is 19.3 Å². The number of hydrogen-bond acceptors (Lipinski definition) is 4. The third kappa shape index (κ3) is 4.91. The molecule has 0 spiro atoms. The summed E-state index contributed by atoms with van der Waals surface area (Å²) in [7, 11) is -1.96. The number of benzene rings is 1.